The van der Waals surface area contributed by atoms with Gasteiger partial charge in [-0.2, -0.15) is 0 Å². The summed E-state index contributed by atoms with van der Waals surface area (Å²) in [7, 11) is 3.71. The molecule has 1 aliphatic heterocycles. The number of carbonyl (C=O) groups excluding carboxylic acids is 1. The van der Waals surface area contributed by atoms with E-state index >= 15 is 0 Å². The van der Waals surface area contributed by atoms with E-state index in [4.69, 9.17) is 21.1 Å². The van der Waals surface area contributed by atoms with Gasteiger partial charge in [0.2, 0.25) is 5.91 Å². The molecule has 190 valence electrons. The fourth-order valence-corrected chi connectivity index (χ4v) is 5.72. The Morgan fingerprint density at radius 3 is 2.40 bits per heavy atom. The Balaban J connectivity index is 1.72. The first-order valence-corrected chi connectivity index (χ1v) is 12.9. The molecule has 1 N–H and O–H groups in total. The summed E-state index contributed by atoms with van der Waals surface area (Å²) in [6, 6.07) is 12.3. The largest absolute Gasteiger partial charge is 0.493 e. The predicted molar refractivity (Wildman–Crippen MR) is 138 cm³/mol. The van der Waals surface area contributed by atoms with Crippen LogP contribution in [0.3, 0.4) is 0 Å². The van der Waals surface area contributed by atoms with Gasteiger partial charge in [-0.25, -0.2) is 0 Å². The maximum absolute atomic E-state index is 13.7. The summed E-state index contributed by atoms with van der Waals surface area (Å²) in [5, 5.41) is 10.00. The summed E-state index contributed by atoms with van der Waals surface area (Å²) in [5.74, 6) is 1.49. The van der Waals surface area contributed by atoms with Gasteiger partial charge in [0, 0.05) is 23.7 Å². The number of nitrogens with zero attached hydrogens (tertiary/aromatic N) is 2. The molecule has 1 saturated carbocycles. The first-order chi connectivity index (χ1) is 16.8. The van der Waals surface area contributed by atoms with Crippen molar-refractivity contribution in [2.75, 3.05) is 27.3 Å². The van der Waals surface area contributed by atoms with E-state index in [1.165, 1.54) is 0 Å². The lowest BCUT2D eigenvalue weighted by Crippen LogP contribution is -2.50. The monoisotopic (exact) mass is 500 g/mol. The minimum Gasteiger partial charge on any atom is -0.493 e. The predicted octanol–water partition coefficient (Wildman–Crippen LogP) is 4.85. The lowest BCUT2D eigenvalue weighted by Gasteiger charge is -2.46. The Hall–Kier alpha value is -2.28. The zero-order valence-corrected chi connectivity index (χ0v) is 21.9. The molecule has 35 heavy (non-hydrogen) atoms. The Bertz CT molecular complexity index is 1020. The number of methoxy groups -OCH3 is 1. The Kier molecular flexibility index (Phi) is 8.25. The molecule has 0 spiro atoms. The number of carbonyl (C=O) groups is 1. The molecule has 2 aliphatic rings. The van der Waals surface area contributed by atoms with Crippen LogP contribution in [0.25, 0.3) is 0 Å². The van der Waals surface area contributed by atoms with Crippen LogP contribution < -0.4 is 9.47 Å². The number of likely N-dealkylation sites (N-methyl/N-ethyl adjacent to an activating group) is 1. The van der Waals surface area contributed by atoms with Crippen molar-refractivity contribution in [3.8, 4) is 11.5 Å². The van der Waals surface area contributed by atoms with Gasteiger partial charge in [-0.1, -0.05) is 23.7 Å². The molecule has 0 saturated heterocycles. The number of benzene rings is 2. The molecule has 7 heteroatoms. The number of fused-ring (bicyclic) bond motifs is 1. The molecular weight excluding hydrogens is 464 g/mol. The summed E-state index contributed by atoms with van der Waals surface area (Å²) in [4.78, 5) is 18.0. The zero-order chi connectivity index (χ0) is 25.1. The van der Waals surface area contributed by atoms with Gasteiger partial charge in [0.05, 0.1) is 32.3 Å². The van der Waals surface area contributed by atoms with E-state index in [2.05, 4.69) is 22.9 Å². The van der Waals surface area contributed by atoms with Gasteiger partial charge in [0.1, 0.15) is 0 Å². The smallest absolute Gasteiger partial charge is 0.228 e. The van der Waals surface area contributed by atoms with Crippen molar-refractivity contribution < 1.29 is 19.4 Å². The Morgan fingerprint density at radius 1 is 1.11 bits per heavy atom. The second-order valence-electron chi connectivity index (χ2n) is 9.97. The highest BCUT2D eigenvalue weighted by Crippen LogP contribution is 2.44. The number of halogens is 1. The zero-order valence-electron chi connectivity index (χ0n) is 21.2. The number of hydrogen-bond donors (Lipinski definition) is 1. The van der Waals surface area contributed by atoms with E-state index in [1.54, 1.807) is 7.11 Å². The first-order valence-electron chi connectivity index (χ1n) is 12.6. The molecule has 1 amide bonds. The van der Waals surface area contributed by atoms with Crippen LogP contribution in [0.5, 0.6) is 11.5 Å². The molecular formula is C28H37ClN2O4. The minimum absolute atomic E-state index is 0.00319. The summed E-state index contributed by atoms with van der Waals surface area (Å²) >= 11 is 6.22. The number of amides is 1. The molecule has 6 nitrogen and oxygen atoms in total. The molecule has 2 aromatic carbocycles. The van der Waals surface area contributed by atoms with Crippen LogP contribution in [0.2, 0.25) is 5.02 Å². The third kappa shape index (κ3) is 5.60. The summed E-state index contributed by atoms with van der Waals surface area (Å²) in [5.41, 5.74) is 3.11. The second kappa shape index (κ2) is 11.2. The van der Waals surface area contributed by atoms with Gasteiger partial charge in [0.25, 0.3) is 0 Å². The number of hydrogen-bond acceptors (Lipinski definition) is 5. The molecule has 1 fully saturated rings. The van der Waals surface area contributed by atoms with Gasteiger partial charge >= 0.3 is 0 Å². The lowest BCUT2D eigenvalue weighted by atomic mass is 9.82. The van der Waals surface area contributed by atoms with Crippen molar-refractivity contribution in [1.82, 2.24) is 9.80 Å². The molecule has 0 bridgehead atoms. The van der Waals surface area contributed by atoms with Crippen LogP contribution in [-0.2, 0) is 11.2 Å². The lowest BCUT2D eigenvalue weighted by molar-refractivity contribution is -0.137. The van der Waals surface area contributed by atoms with Crippen molar-refractivity contribution in [3.05, 3.63) is 58.1 Å². The Morgan fingerprint density at radius 2 is 1.80 bits per heavy atom. The van der Waals surface area contributed by atoms with Crippen molar-refractivity contribution in [3.63, 3.8) is 0 Å². The van der Waals surface area contributed by atoms with E-state index in [0.717, 1.165) is 42.4 Å². The normalized spacial score (nSPS) is 22.5. The topological polar surface area (TPSA) is 62.2 Å². The third-order valence-corrected chi connectivity index (χ3v) is 7.56. The molecule has 0 radical (unpaired) electrons. The van der Waals surface area contributed by atoms with E-state index < -0.39 is 0 Å². The van der Waals surface area contributed by atoms with E-state index in [9.17, 15) is 9.90 Å². The van der Waals surface area contributed by atoms with Crippen LogP contribution in [0.15, 0.2) is 36.4 Å². The Labute approximate surface area is 213 Å². The van der Waals surface area contributed by atoms with Crippen LogP contribution in [-0.4, -0.2) is 66.3 Å². The quantitative estimate of drug-likeness (QED) is 0.561. The maximum Gasteiger partial charge on any atom is 0.228 e. The molecule has 0 aromatic heterocycles. The first kappa shape index (κ1) is 25.8. The molecule has 1 atom stereocenters. The van der Waals surface area contributed by atoms with Crippen molar-refractivity contribution in [2.45, 2.75) is 70.2 Å². The highest BCUT2D eigenvalue weighted by atomic mass is 35.5. The molecule has 1 unspecified atom stereocenters. The van der Waals surface area contributed by atoms with Gasteiger partial charge in [-0.15, -0.1) is 0 Å². The summed E-state index contributed by atoms with van der Waals surface area (Å²) < 4.78 is 11.7. The average Bonchev–Trinajstić information content (AvgIpc) is 2.83. The highest BCUT2D eigenvalue weighted by molar-refractivity contribution is 6.30. The van der Waals surface area contributed by atoms with Crippen LogP contribution in [0.4, 0.5) is 0 Å². The number of rotatable bonds is 8. The summed E-state index contributed by atoms with van der Waals surface area (Å²) in [6.07, 6.45) is 4.25. The van der Waals surface area contributed by atoms with Crippen LogP contribution >= 0.6 is 11.6 Å². The SMILES string of the molecule is COc1cc2c(cc1OC(C)C)C(c1ccc(Cl)cc1)N([C@H]1CC[C@H](N(C)CCO)CC1)C(=O)C2. The molecule has 2 aromatic rings. The fraction of sp³-hybridized carbons (Fsp3) is 0.536. The number of ether oxygens (including phenoxy) is 2. The highest BCUT2D eigenvalue weighted by Gasteiger charge is 2.40. The minimum atomic E-state index is -0.208. The molecule has 1 heterocycles. The van der Waals surface area contributed by atoms with E-state index in [0.29, 0.717) is 35.5 Å². The van der Waals surface area contributed by atoms with Crippen LogP contribution in [0, 0.1) is 0 Å². The van der Waals surface area contributed by atoms with Crippen molar-refractivity contribution in [2.24, 2.45) is 0 Å². The number of aliphatic hydroxyl groups excluding tert-OH is 1. The van der Waals surface area contributed by atoms with Gasteiger partial charge in [-0.3, -0.25) is 4.79 Å². The second-order valence-corrected chi connectivity index (χ2v) is 10.4. The molecule has 1 aliphatic carbocycles. The van der Waals surface area contributed by atoms with E-state index in [1.807, 2.05) is 44.2 Å². The van der Waals surface area contributed by atoms with E-state index in [-0.39, 0.29) is 30.7 Å². The van der Waals surface area contributed by atoms with Gasteiger partial charge < -0.3 is 24.4 Å². The average molecular weight is 501 g/mol. The van der Waals surface area contributed by atoms with Gasteiger partial charge in [-0.05, 0) is 87.5 Å². The molecule has 4 rings (SSSR count). The summed E-state index contributed by atoms with van der Waals surface area (Å²) in [6.45, 7) is 4.84. The standard InChI is InChI=1S/C28H37ClN2O4/c1-18(2)35-26-17-24-20(15-25(26)34-4)16-27(33)31(28(24)19-5-7-21(29)8-6-19)23-11-9-22(10-12-23)30(3)13-14-32/h5-8,15,17-18,22-23,28,32H,9-14,16H2,1-4H3/t22-,23-,28?. The van der Waals surface area contributed by atoms with Gasteiger partial charge in [0.15, 0.2) is 11.5 Å². The van der Waals surface area contributed by atoms with Crippen molar-refractivity contribution >= 4 is 17.5 Å². The van der Waals surface area contributed by atoms with Crippen molar-refractivity contribution in [1.29, 1.82) is 0 Å². The fourth-order valence-electron chi connectivity index (χ4n) is 5.60. The number of aliphatic hydroxyl groups is 1. The van der Waals surface area contributed by atoms with Crippen LogP contribution in [0.1, 0.15) is 62.3 Å². The maximum atomic E-state index is 13.7. The third-order valence-electron chi connectivity index (χ3n) is 7.31.